The number of benzene rings is 2. The normalized spacial score (nSPS) is 17.5. The Balaban J connectivity index is 1.76. The molecule has 0 spiro atoms. The maximum absolute atomic E-state index is 12.4. The second-order valence-corrected chi connectivity index (χ2v) is 8.19. The summed E-state index contributed by atoms with van der Waals surface area (Å²) in [6, 6.07) is 14.9. The molecule has 5 heteroatoms. The van der Waals surface area contributed by atoms with Crippen LogP contribution in [0.1, 0.15) is 12.5 Å². The first-order valence-corrected chi connectivity index (χ1v) is 9.33. The zero-order valence-electron chi connectivity index (χ0n) is 12.4. The average molecular weight is 336 g/mol. The molecule has 0 bridgehead atoms. The Morgan fingerprint density at radius 1 is 1.14 bits per heavy atom. The smallest absolute Gasteiger partial charge is 0.180 e. The fourth-order valence-electron chi connectivity index (χ4n) is 2.95. The summed E-state index contributed by atoms with van der Waals surface area (Å²) in [5.41, 5.74) is 2.44. The predicted octanol–water partition coefficient (Wildman–Crippen LogP) is 3.56. The van der Waals surface area contributed by atoms with Gasteiger partial charge in [-0.2, -0.15) is 0 Å². The summed E-state index contributed by atoms with van der Waals surface area (Å²) in [6.07, 6.45) is 0.969. The number of hydrogen-bond acceptors (Lipinski definition) is 3. The van der Waals surface area contributed by atoms with Crippen LogP contribution in [0.15, 0.2) is 53.4 Å². The summed E-state index contributed by atoms with van der Waals surface area (Å²) >= 11 is 5.81. The summed E-state index contributed by atoms with van der Waals surface area (Å²) in [5, 5.41) is 0.543. The number of hydrogen-bond donors (Lipinski definition) is 0. The third kappa shape index (κ3) is 2.99. The summed E-state index contributed by atoms with van der Waals surface area (Å²) in [4.78, 5) is 2.51. The highest BCUT2D eigenvalue weighted by atomic mass is 35.5. The van der Waals surface area contributed by atoms with E-state index in [1.807, 2.05) is 12.1 Å². The number of rotatable bonds is 4. The molecule has 1 aliphatic heterocycles. The third-order valence-electron chi connectivity index (χ3n) is 4.12. The maximum atomic E-state index is 12.4. The van der Waals surface area contributed by atoms with Crippen molar-refractivity contribution in [2.75, 3.05) is 17.2 Å². The van der Waals surface area contributed by atoms with Crippen molar-refractivity contribution in [2.24, 2.45) is 0 Å². The van der Waals surface area contributed by atoms with Crippen molar-refractivity contribution in [1.82, 2.24) is 0 Å². The summed E-state index contributed by atoms with van der Waals surface area (Å²) in [6.45, 7) is 2.64. The molecule has 2 aromatic rings. The van der Waals surface area contributed by atoms with Gasteiger partial charge < -0.3 is 4.90 Å². The Morgan fingerprint density at radius 3 is 2.55 bits per heavy atom. The summed E-state index contributed by atoms with van der Waals surface area (Å²) in [5.74, 6) is 0.104. The zero-order chi connectivity index (χ0) is 15.7. The van der Waals surface area contributed by atoms with Crippen molar-refractivity contribution in [3.05, 3.63) is 59.1 Å². The highest BCUT2D eigenvalue weighted by Gasteiger charge is 2.27. The molecule has 0 amide bonds. The molecule has 0 aliphatic carbocycles. The fourth-order valence-corrected chi connectivity index (χ4v) is 4.30. The van der Waals surface area contributed by atoms with Gasteiger partial charge in [-0.05, 0) is 49.2 Å². The second kappa shape index (κ2) is 5.94. The maximum Gasteiger partial charge on any atom is 0.180 e. The lowest BCUT2D eigenvalue weighted by molar-refractivity contribution is 0.592. The second-order valence-electron chi connectivity index (χ2n) is 5.65. The van der Waals surface area contributed by atoms with Crippen molar-refractivity contribution in [3.63, 3.8) is 0 Å². The molecule has 0 fully saturated rings. The number of para-hydroxylation sites is 1. The highest BCUT2D eigenvalue weighted by Crippen LogP contribution is 2.31. The molecule has 1 aliphatic rings. The minimum absolute atomic E-state index is 0.104. The van der Waals surface area contributed by atoms with Crippen LogP contribution in [0, 0.1) is 0 Å². The minimum atomic E-state index is -3.29. The molecule has 1 heterocycles. The number of sulfone groups is 1. The SMILES string of the molecule is C[C@H]1Cc2ccccc2N1CCS(=O)(=O)c1ccc(Cl)cc1. The van der Waals surface area contributed by atoms with E-state index in [4.69, 9.17) is 11.6 Å². The summed E-state index contributed by atoms with van der Waals surface area (Å²) in [7, 11) is -3.29. The minimum Gasteiger partial charge on any atom is -0.367 e. The van der Waals surface area contributed by atoms with E-state index in [0.29, 0.717) is 22.5 Å². The van der Waals surface area contributed by atoms with Gasteiger partial charge in [0.15, 0.2) is 9.84 Å². The van der Waals surface area contributed by atoms with E-state index < -0.39 is 9.84 Å². The van der Waals surface area contributed by atoms with Crippen LogP contribution in [0.5, 0.6) is 0 Å². The van der Waals surface area contributed by atoms with Crippen LogP contribution in [0.4, 0.5) is 5.69 Å². The molecule has 0 aromatic heterocycles. The van der Waals surface area contributed by atoms with E-state index in [1.54, 1.807) is 24.3 Å². The van der Waals surface area contributed by atoms with Crippen LogP contribution in [0.3, 0.4) is 0 Å². The van der Waals surface area contributed by atoms with Gasteiger partial charge in [0.2, 0.25) is 0 Å². The van der Waals surface area contributed by atoms with E-state index >= 15 is 0 Å². The Hall–Kier alpha value is -1.52. The number of halogens is 1. The quantitative estimate of drug-likeness (QED) is 0.857. The first-order chi connectivity index (χ1) is 10.5. The van der Waals surface area contributed by atoms with Crippen LogP contribution >= 0.6 is 11.6 Å². The number of fused-ring (bicyclic) bond motifs is 1. The van der Waals surface area contributed by atoms with Gasteiger partial charge in [-0.25, -0.2) is 8.42 Å². The lowest BCUT2D eigenvalue weighted by Crippen LogP contribution is -2.33. The number of anilines is 1. The topological polar surface area (TPSA) is 37.4 Å². The van der Waals surface area contributed by atoms with Crippen molar-refractivity contribution in [3.8, 4) is 0 Å². The van der Waals surface area contributed by atoms with Crippen molar-refractivity contribution in [2.45, 2.75) is 24.3 Å². The number of nitrogens with zero attached hydrogens (tertiary/aromatic N) is 1. The Morgan fingerprint density at radius 2 is 1.82 bits per heavy atom. The first kappa shape index (κ1) is 15.4. The van der Waals surface area contributed by atoms with Gasteiger partial charge in [-0.1, -0.05) is 29.8 Å². The molecular weight excluding hydrogens is 318 g/mol. The molecule has 3 rings (SSSR count). The molecule has 0 radical (unpaired) electrons. The molecular formula is C17H18ClNO2S. The Kier molecular flexibility index (Phi) is 4.15. The standard InChI is InChI=1S/C17H18ClNO2S/c1-13-12-14-4-2-3-5-17(14)19(13)10-11-22(20,21)16-8-6-15(18)7-9-16/h2-9,13H,10-12H2,1H3/t13-/m0/s1. The van der Waals surface area contributed by atoms with Gasteiger partial charge >= 0.3 is 0 Å². The Bertz CT molecular complexity index is 772. The molecule has 0 N–H and O–H groups in total. The lowest BCUT2D eigenvalue weighted by Gasteiger charge is -2.24. The molecule has 2 aromatic carbocycles. The predicted molar refractivity (Wildman–Crippen MR) is 90.5 cm³/mol. The highest BCUT2D eigenvalue weighted by molar-refractivity contribution is 7.91. The first-order valence-electron chi connectivity index (χ1n) is 7.30. The van der Waals surface area contributed by atoms with Crippen LogP contribution in [-0.4, -0.2) is 26.8 Å². The largest absolute Gasteiger partial charge is 0.367 e. The van der Waals surface area contributed by atoms with Crippen LogP contribution in [-0.2, 0) is 16.3 Å². The molecule has 3 nitrogen and oxygen atoms in total. The third-order valence-corrected chi connectivity index (χ3v) is 6.08. The van der Waals surface area contributed by atoms with E-state index in [1.165, 1.54) is 5.56 Å². The Labute approximate surface area is 136 Å². The molecule has 0 saturated heterocycles. The fraction of sp³-hybridized carbons (Fsp3) is 0.294. The molecule has 1 atom stereocenters. The molecule has 22 heavy (non-hydrogen) atoms. The van der Waals surface area contributed by atoms with Gasteiger partial charge in [-0.15, -0.1) is 0 Å². The van der Waals surface area contributed by atoms with Crippen LogP contribution in [0.25, 0.3) is 0 Å². The lowest BCUT2D eigenvalue weighted by atomic mass is 10.1. The van der Waals surface area contributed by atoms with Crippen molar-refractivity contribution in [1.29, 1.82) is 0 Å². The zero-order valence-corrected chi connectivity index (χ0v) is 13.9. The van der Waals surface area contributed by atoms with Gasteiger partial charge in [0.05, 0.1) is 10.6 Å². The van der Waals surface area contributed by atoms with Gasteiger partial charge in [-0.3, -0.25) is 0 Å². The van der Waals surface area contributed by atoms with E-state index in [-0.39, 0.29) is 5.75 Å². The van der Waals surface area contributed by atoms with Crippen molar-refractivity contribution >= 4 is 27.1 Å². The van der Waals surface area contributed by atoms with Crippen molar-refractivity contribution < 1.29 is 8.42 Å². The molecule has 0 saturated carbocycles. The monoisotopic (exact) mass is 335 g/mol. The van der Waals surface area contributed by atoms with Gasteiger partial charge in [0.1, 0.15) is 0 Å². The van der Waals surface area contributed by atoms with Gasteiger partial charge in [0.25, 0.3) is 0 Å². The van der Waals surface area contributed by atoms with Crippen LogP contribution < -0.4 is 4.90 Å². The van der Waals surface area contributed by atoms with E-state index in [0.717, 1.165) is 12.1 Å². The van der Waals surface area contributed by atoms with E-state index in [9.17, 15) is 8.42 Å². The van der Waals surface area contributed by atoms with Crippen LogP contribution in [0.2, 0.25) is 5.02 Å². The summed E-state index contributed by atoms with van der Waals surface area (Å²) < 4.78 is 24.9. The van der Waals surface area contributed by atoms with E-state index in [2.05, 4.69) is 24.0 Å². The molecule has 116 valence electrons. The molecule has 0 unspecified atom stereocenters. The average Bonchev–Trinajstić information content (AvgIpc) is 2.81. The van der Waals surface area contributed by atoms with Gasteiger partial charge in [0, 0.05) is 23.3 Å².